The largest absolute Gasteiger partial charge is 0.490 e. The highest BCUT2D eigenvalue weighted by Crippen LogP contribution is 2.34. The lowest BCUT2D eigenvalue weighted by atomic mass is 10.0. The van der Waals surface area contributed by atoms with E-state index in [1.807, 2.05) is 12.2 Å². The van der Waals surface area contributed by atoms with Gasteiger partial charge in [-0.25, -0.2) is 5.48 Å². The first kappa shape index (κ1) is 14.9. The number of nitrogens with zero attached hydrogens (tertiary/aromatic N) is 1. The van der Waals surface area contributed by atoms with Crippen LogP contribution in [0.3, 0.4) is 0 Å². The van der Waals surface area contributed by atoms with Gasteiger partial charge in [-0.05, 0) is 30.2 Å². The number of hydrogen-bond donors (Lipinski definition) is 2. The van der Waals surface area contributed by atoms with Crippen LogP contribution in [0.25, 0.3) is 0 Å². The molecule has 0 radical (unpaired) electrons. The minimum Gasteiger partial charge on any atom is -0.490 e. The summed E-state index contributed by atoms with van der Waals surface area (Å²) in [5.41, 5.74) is 4.02. The Morgan fingerprint density at radius 2 is 2.36 bits per heavy atom. The number of fused-ring (bicyclic) bond motifs is 1. The van der Waals surface area contributed by atoms with Crippen LogP contribution in [0.15, 0.2) is 42.0 Å². The average molecular weight is 321 g/mol. The van der Waals surface area contributed by atoms with Crippen LogP contribution in [-0.2, 0) is 0 Å². The van der Waals surface area contributed by atoms with E-state index in [9.17, 15) is 4.79 Å². The predicted octanol–water partition coefficient (Wildman–Crippen LogP) is 2.50. The van der Waals surface area contributed by atoms with Crippen molar-refractivity contribution in [2.75, 3.05) is 24.6 Å². The van der Waals surface area contributed by atoms with E-state index in [0.717, 1.165) is 30.0 Å². The van der Waals surface area contributed by atoms with Gasteiger partial charge in [-0.2, -0.15) is 0 Å². The molecule has 1 heterocycles. The van der Waals surface area contributed by atoms with Crippen LogP contribution >= 0.6 is 11.6 Å². The average Bonchev–Trinajstić information content (AvgIpc) is 2.56. The number of carbonyl (C=O) groups is 1. The highest BCUT2D eigenvalue weighted by atomic mass is 35.5. The molecule has 1 unspecified atom stereocenters. The maximum absolute atomic E-state index is 11.6. The van der Waals surface area contributed by atoms with E-state index in [-0.39, 0.29) is 5.38 Å². The number of hydroxylamine groups is 1. The highest BCUT2D eigenvalue weighted by molar-refractivity contribution is 6.22. The molecule has 1 amide bonds. The summed E-state index contributed by atoms with van der Waals surface area (Å²) in [6.07, 6.45) is 6.95. The van der Waals surface area contributed by atoms with Crippen molar-refractivity contribution in [2.24, 2.45) is 0 Å². The van der Waals surface area contributed by atoms with Crippen molar-refractivity contribution in [3.63, 3.8) is 0 Å². The van der Waals surface area contributed by atoms with Crippen LogP contribution in [0.2, 0.25) is 0 Å². The molecule has 2 N–H and O–H groups in total. The fourth-order valence-electron chi connectivity index (χ4n) is 2.66. The Balaban J connectivity index is 1.88. The summed E-state index contributed by atoms with van der Waals surface area (Å²) in [6.45, 7) is 2.01. The SMILES string of the molecule is O=C(NO)c1ccc2c(c1)N(CC1=CC=CCC1Cl)CCO2. The molecule has 6 heteroatoms. The summed E-state index contributed by atoms with van der Waals surface area (Å²) < 4.78 is 5.64. The van der Waals surface area contributed by atoms with E-state index < -0.39 is 5.91 Å². The van der Waals surface area contributed by atoms with Crippen molar-refractivity contribution in [1.82, 2.24) is 5.48 Å². The van der Waals surface area contributed by atoms with E-state index in [1.165, 1.54) is 0 Å². The lowest BCUT2D eigenvalue weighted by Gasteiger charge is -2.33. The second kappa shape index (κ2) is 6.42. The number of hydrogen-bond acceptors (Lipinski definition) is 4. The Morgan fingerprint density at radius 1 is 1.50 bits per heavy atom. The summed E-state index contributed by atoms with van der Waals surface area (Å²) in [6, 6.07) is 5.10. The molecule has 0 aromatic heterocycles. The standard InChI is InChI=1S/C16H17ClN2O3/c17-13-4-2-1-3-12(13)10-19-7-8-22-15-6-5-11(9-14(15)19)16(20)18-21/h1-3,5-6,9,13,21H,4,7-8,10H2,(H,18,20). The van der Waals surface area contributed by atoms with Gasteiger partial charge in [0.05, 0.1) is 17.6 Å². The summed E-state index contributed by atoms with van der Waals surface area (Å²) in [5.74, 6) is 0.196. The number of anilines is 1. The summed E-state index contributed by atoms with van der Waals surface area (Å²) in [7, 11) is 0. The van der Waals surface area contributed by atoms with Gasteiger partial charge in [0.25, 0.3) is 5.91 Å². The van der Waals surface area contributed by atoms with Crippen molar-refractivity contribution in [3.8, 4) is 5.75 Å². The summed E-state index contributed by atoms with van der Waals surface area (Å²) in [5, 5.41) is 8.78. The zero-order valence-corrected chi connectivity index (χ0v) is 12.7. The van der Waals surface area contributed by atoms with Gasteiger partial charge < -0.3 is 9.64 Å². The molecule has 2 aliphatic rings. The van der Waals surface area contributed by atoms with Gasteiger partial charge in [0.1, 0.15) is 12.4 Å². The minimum atomic E-state index is -0.539. The first-order valence-corrected chi connectivity index (χ1v) is 7.58. The minimum absolute atomic E-state index is 0.000202. The van der Waals surface area contributed by atoms with Gasteiger partial charge >= 0.3 is 0 Å². The molecule has 0 saturated heterocycles. The highest BCUT2D eigenvalue weighted by Gasteiger charge is 2.23. The molecule has 0 spiro atoms. The van der Waals surface area contributed by atoms with Gasteiger partial charge in [0.15, 0.2) is 0 Å². The van der Waals surface area contributed by atoms with Crippen molar-refractivity contribution < 1.29 is 14.7 Å². The molecule has 1 aromatic rings. The molecule has 1 aliphatic carbocycles. The molecule has 3 rings (SSSR count). The number of benzene rings is 1. The predicted molar refractivity (Wildman–Crippen MR) is 84.9 cm³/mol. The molecular formula is C16H17ClN2O3. The molecule has 116 valence electrons. The number of allylic oxidation sites excluding steroid dienone is 3. The Kier molecular flexibility index (Phi) is 4.36. The zero-order chi connectivity index (χ0) is 15.5. The topological polar surface area (TPSA) is 61.8 Å². The Morgan fingerprint density at radius 3 is 3.14 bits per heavy atom. The lowest BCUT2D eigenvalue weighted by Crippen LogP contribution is -2.36. The van der Waals surface area contributed by atoms with E-state index in [2.05, 4.69) is 11.0 Å². The summed E-state index contributed by atoms with van der Waals surface area (Å²) in [4.78, 5) is 13.7. The second-order valence-corrected chi connectivity index (χ2v) is 5.79. The van der Waals surface area contributed by atoms with Crippen LogP contribution in [0, 0.1) is 0 Å². The van der Waals surface area contributed by atoms with Crippen molar-refractivity contribution >= 4 is 23.2 Å². The van der Waals surface area contributed by atoms with Gasteiger partial charge in [-0.3, -0.25) is 10.0 Å². The molecule has 0 fully saturated rings. The normalized spacial score (nSPS) is 20.0. The third kappa shape index (κ3) is 2.96. The smallest absolute Gasteiger partial charge is 0.274 e. The van der Waals surface area contributed by atoms with Crippen LogP contribution in [0.4, 0.5) is 5.69 Å². The van der Waals surface area contributed by atoms with Crippen LogP contribution < -0.4 is 15.1 Å². The van der Waals surface area contributed by atoms with Crippen LogP contribution in [0.5, 0.6) is 5.75 Å². The van der Waals surface area contributed by atoms with Gasteiger partial charge in [-0.1, -0.05) is 18.2 Å². The second-order valence-electron chi connectivity index (χ2n) is 5.27. The third-order valence-electron chi connectivity index (χ3n) is 3.85. The van der Waals surface area contributed by atoms with Crippen LogP contribution in [0.1, 0.15) is 16.8 Å². The third-order valence-corrected chi connectivity index (χ3v) is 4.31. The van der Waals surface area contributed by atoms with E-state index in [4.69, 9.17) is 21.5 Å². The van der Waals surface area contributed by atoms with Gasteiger partial charge in [0, 0.05) is 12.1 Å². The molecule has 0 saturated carbocycles. The lowest BCUT2D eigenvalue weighted by molar-refractivity contribution is 0.0706. The zero-order valence-electron chi connectivity index (χ0n) is 12.0. The van der Waals surface area contributed by atoms with Crippen molar-refractivity contribution in [3.05, 3.63) is 47.6 Å². The molecule has 1 aliphatic heterocycles. The van der Waals surface area contributed by atoms with Gasteiger partial charge in [-0.15, -0.1) is 11.6 Å². The quantitative estimate of drug-likeness (QED) is 0.510. The number of amides is 1. The maximum Gasteiger partial charge on any atom is 0.274 e. The molecule has 1 aromatic carbocycles. The van der Waals surface area contributed by atoms with Crippen LogP contribution in [-0.4, -0.2) is 36.2 Å². The summed E-state index contributed by atoms with van der Waals surface area (Å²) >= 11 is 6.36. The number of nitrogens with one attached hydrogen (secondary N) is 1. The fraction of sp³-hybridized carbons (Fsp3) is 0.312. The monoisotopic (exact) mass is 320 g/mol. The van der Waals surface area contributed by atoms with E-state index in [1.54, 1.807) is 23.7 Å². The van der Waals surface area contributed by atoms with Crippen molar-refractivity contribution in [2.45, 2.75) is 11.8 Å². The molecule has 1 atom stereocenters. The van der Waals surface area contributed by atoms with Crippen molar-refractivity contribution in [1.29, 1.82) is 0 Å². The molecule has 5 nitrogen and oxygen atoms in total. The Bertz CT molecular complexity index is 642. The Labute approximate surface area is 133 Å². The first-order chi connectivity index (χ1) is 10.7. The van der Waals surface area contributed by atoms with Gasteiger partial charge in [0.2, 0.25) is 0 Å². The number of rotatable bonds is 3. The van der Waals surface area contributed by atoms with E-state index in [0.29, 0.717) is 18.7 Å². The first-order valence-electron chi connectivity index (χ1n) is 7.15. The Hall–Kier alpha value is -1.98. The number of halogens is 1. The molecule has 22 heavy (non-hydrogen) atoms. The maximum atomic E-state index is 11.6. The molecule has 0 bridgehead atoms. The number of carbonyl (C=O) groups excluding carboxylic acids is 1. The number of alkyl halides is 1. The molecular weight excluding hydrogens is 304 g/mol. The number of ether oxygens (including phenoxy) is 1. The fourth-order valence-corrected chi connectivity index (χ4v) is 2.91. The van der Waals surface area contributed by atoms with E-state index >= 15 is 0 Å².